The highest BCUT2D eigenvalue weighted by atomic mass is 16.6. The van der Waals surface area contributed by atoms with Gasteiger partial charge in [-0.3, -0.25) is 9.89 Å². The number of aromatic amines is 1. The first kappa shape index (κ1) is 21.3. The molecule has 0 aliphatic carbocycles. The molecule has 0 spiro atoms. The molecule has 31 heavy (non-hydrogen) atoms. The Labute approximate surface area is 181 Å². The van der Waals surface area contributed by atoms with E-state index in [-0.39, 0.29) is 23.0 Å². The highest BCUT2D eigenvalue weighted by Crippen LogP contribution is 2.29. The summed E-state index contributed by atoms with van der Waals surface area (Å²) in [5.41, 5.74) is 2.24. The minimum atomic E-state index is -0.508. The fourth-order valence-corrected chi connectivity index (χ4v) is 3.93. The molecule has 0 bridgehead atoms. The van der Waals surface area contributed by atoms with Crippen LogP contribution in [0.2, 0.25) is 0 Å². The zero-order valence-electron chi connectivity index (χ0n) is 19.2. The maximum Gasteiger partial charge on any atom is 0.410 e. The Morgan fingerprint density at radius 3 is 2.39 bits per heavy atom. The average molecular weight is 426 g/mol. The molecule has 3 aromatic rings. The van der Waals surface area contributed by atoms with E-state index in [1.807, 2.05) is 32.9 Å². The third-order valence-electron chi connectivity index (χ3n) is 5.63. The molecule has 8 nitrogen and oxygen atoms in total. The Bertz CT molecular complexity index is 1190. The minimum Gasteiger partial charge on any atom is -0.444 e. The third kappa shape index (κ3) is 4.29. The molecular weight excluding hydrogens is 394 g/mol. The van der Waals surface area contributed by atoms with Gasteiger partial charge in [-0.15, -0.1) is 0 Å². The van der Waals surface area contributed by atoms with E-state index < -0.39 is 5.60 Å². The van der Waals surface area contributed by atoms with Crippen LogP contribution in [-0.2, 0) is 10.2 Å². The van der Waals surface area contributed by atoms with Crippen molar-refractivity contribution in [3.8, 4) is 0 Å². The van der Waals surface area contributed by atoms with Crippen LogP contribution >= 0.6 is 0 Å². The molecule has 4 rings (SSSR count). The number of hydrogen-bond acceptors (Lipinski definition) is 5. The van der Waals surface area contributed by atoms with Crippen molar-refractivity contribution in [1.82, 2.24) is 24.5 Å². The molecule has 166 valence electrons. The van der Waals surface area contributed by atoms with Crippen molar-refractivity contribution in [3.05, 3.63) is 39.9 Å². The van der Waals surface area contributed by atoms with Gasteiger partial charge in [0.2, 0.25) is 0 Å². The predicted octanol–water partition coefficient (Wildman–Crippen LogP) is 3.98. The number of H-pyrrole nitrogens is 1. The van der Waals surface area contributed by atoms with Gasteiger partial charge in [0.15, 0.2) is 11.3 Å². The van der Waals surface area contributed by atoms with Crippen LogP contribution in [0.15, 0.2) is 23.0 Å². The summed E-state index contributed by atoms with van der Waals surface area (Å²) in [7, 11) is 0. The molecule has 4 heterocycles. The fraction of sp³-hybridized carbons (Fsp3) is 0.565. The first-order valence-corrected chi connectivity index (χ1v) is 10.8. The number of fused-ring (bicyclic) bond motifs is 3. The lowest BCUT2D eigenvalue weighted by molar-refractivity contribution is 0.0204. The van der Waals surface area contributed by atoms with Gasteiger partial charge < -0.3 is 9.64 Å². The number of ether oxygens (including phenoxy) is 1. The van der Waals surface area contributed by atoms with Crippen LogP contribution in [0.3, 0.4) is 0 Å². The van der Waals surface area contributed by atoms with Gasteiger partial charge in [0.1, 0.15) is 5.60 Å². The minimum absolute atomic E-state index is 0.0862. The van der Waals surface area contributed by atoms with Crippen LogP contribution in [0.4, 0.5) is 4.79 Å². The quantitative estimate of drug-likeness (QED) is 0.637. The summed E-state index contributed by atoms with van der Waals surface area (Å²) in [6.07, 6.45) is 1.21. The van der Waals surface area contributed by atoms with Crippen LogP contribution in [0.25, 0.3) is 16.7 Å². The summed E-state index contributed by atoms with van der Waals surface area (Å²) in [5.74, 6) is 0.128. The smallest absolute Gasteiger partial charge is 0.410 e. The van der Waals surface area contributed by atoms with E-state index in [1.165, 1.54) is 4.52 Å². The summed E-state index contributed by atoms with van der Waals surface area (Å²) < 4.78 is 6.93. The van der Waals surface area contributed by atoms with Gasteiger partial charge in [0, 0.05) is 36.2 Å². The van der Waals surface area contributed by atoms with Crippen molar-refractivity contribution >= 4 is 22.8 Å². The number of pyridine rings is 1. The second kappa shape index (κ2) is 7.35. The van der Waals surface area contributed by atoms with Gasteiger partial charge in [-0.25, -0.2) is 14.8 Å². The SMILES string of the molecule is CC(C)(C)OC(=O)N1CCC(c2cc(=O)n3[nH]c4nc(C(C)(C)C)ccc4c3n2)CC1. The first-order chi connectivity index (χ1) is 14.4. The summed E-state index contributed by atoms with van der Waals surface area (Å²) >= 11 is 0. The standard InChI is InChI=1S/C23H31N5O3/c1-22(2,3)17-8-7-15-19(25-17)26-28-18(29)13-16(24-20(15)28)14-9-11-27(12-10-14)21(30)31-23(4,5)6/h7-8,13-14H,9-12H2,1-6H3,(H,25,26). The third-order valence-corrected chi connectivity index (χ3v) is 5.63. The van der Waals surface area contributed by atoms with E-state index in [0.717, 1.165) is 29.6 Å². The van der Waals surface area contributed by atoms with Gasteiger partial charge in [0.25, 0.3) is 5.56 Å². The summed E-state index contributed by atoms with van der Waals surface area (Å²) in [5, 5.41) is 3.93. The van der Waals surface area contributed by atoms with E-state index in [0.29, 0.717) is 24.4 Å². The number of likely N-dealkylation sites (tertiary alicyclic amines) is 1. The molecule has 0 atom stereocenters. The molecule has 0 radical (unpaired) electrons. The number of aromatic nitrogens is 4. The van der Waals surface area contributed by atoms with Gasteiger partial charge >= 0.3 is 6.09 Å². The van der Waals surface area contributed by atoms with E-state index in [4.69, 9.17) is 14.7 Å². The highest BCUT2D eigenvalue weighted by molar-refractivity contribution is 5.89. The lowest BCUT2D eigenvalue weighted by atomic mass is 9.91. The largest absolute Gasteiger partial charge is 0.444 e. The van der Waals surface area contributed by atoms with E-state index >= 15 is 0 Å². The van der Waals surface area contributed by atoms with Gasteiger partial charge in [0.05, 0.1) is 11.1 Å². The van der Waals surface area contributed by atoms with Crippen LogP contribution in [0.1, 0.15) is 71.7 Å². The van der Waals surface area contributed by atoms with Gasteiger partial charge in [-0.2, -0.15) is 4.52 Å². The molecule has 1 amide bonds. The van der Waals surface area contributed by atoms with Crippen LogP contribution in [0.5, 0.6) is 0 Å². The number of nitrogens with zero attached hydrogens (tertiary/aromatic N) is 4. The van der Waals surface area contributed by atoms with E-state index in [2.05, 4.69) is 25.9 Å². The summed E-state index contributed by atoms with van der Waals surface area (Å²) in [6, 6.07) is 5.57. The predicted molar refractivity (Wildman–Crippen MR) is 120 cm³/mol. The molecule has 0 unspecified atom stereocenters. The number of carbonyl (C=O) groups excluding carboxylic acids is 1. The van der Waals surface area contributed by atoms with E-state index in [9.17, 15) is 9.59 Å². The Kier molecular flexibility index (Phi) is 5.06. The number of nitrogens with one attached hydrogen (secondary N) is 1. The Morgan fingerprint density at radius 1 is 1.10 bits per heavy atom. The lowest BCUT2D eigenvalue weighted by Gasteiger charge is -2.33. The molecule has 1 saturated heterocycles. The lowest BCUT2D eigenvalue weighted by Crippen LogP contribution is -2.41. The van der Waals surface area contributed by atoms with Crippen molar-refractivity contribution < 1.29 is 9.53 Å². The van der Waals surface area contributed by atoms with Crippen molar-refractivity contribution in [2.45, 2.75) is 71.3 Å². The Balaban J connectivity index is 1.60. The molecule has 1 aliphatic heterocycles. The molecule has 1 aliphatic rings. The number of hydrogen-bond donors (Lipinski definition) is 1. The average Bonchev–Trinajstić information content (AvgIpc) is 3.05. The second-order valence-electron chi connectivity index (χ2n) is 10.4. The normalized spacial score (nSPS) is 16.3. The Morgan fingerprint density at radius 2 is 1.77 bits per heavy atom. The monoisotopic (exact) mass is 425 g/mol. The molecule has 1 fully saturated rings. The second-order valence-corrected chi connectivity index (χ2v) is 10.4. The van der Waals surface area contributed by atoms with Gasteiger partial charge in [-0.1, -0.05) is 20.8 Å². The van der Waals surface area contributed by atoms with Crippen molar-refractivity contribution in [1.29, 1.82) is 0 Å². The fourth-order valence-electron chi connectivity index (χ4n) is 3.93. The van der Waals surface area contributed by atoms with Crippen LogP contribution < -0.4 is 5.56 Å². The zero-order chi connectivity index (χ0) is 22.6. The van der Waals surface area contributed by atoms with Crippen LogP contribution in [-0.4, -0.2) is 49.3 Å². The van der Waals surface area contributed by atoms with Crippen molar-refractivity contribution in [3.63, 3.8) is 0 Å². The number of rotatable bonds is 1. The summed E-state index contributed by atoms with van der Waals surface area (Å²) in [6.45, 7) is 13.1. The first-order valence-electron chi connectivity index (χ1n) is 10.8. The molecule has 1 N–H and O–H groups in total. The summed E-state index contributed by atoms with van der Waals surface area (Å²) in [4.78, 5) is 36.4. The topological polar surface area (TPSA) is 92.6 Å². The highest BCUT2D eigenvalue weighted by Gasteiger charge is 2.29. The Hall–Kier alpha value is -2.90. The molecule has 3 aromatic heterocycles. The maximum atomic E-state index is 12.8. The number of carbonyl (C=O) groups is 1. The van der Waals surface area contributed by atoms with E-state index in [1.54, 1.807) is 11.0 Å². The molecule has 0 aromatic carbocycles. The molecular formula is C23H31N5O3. The molecule has 0 saturated carbocycles. The molecule has 8 heteroatoms. The maximum absolute atomic E-state index is 12.8. The van der Waals surface area contributed by atoms with Crippen molar-refractivity contribution in [2.75, 3.05) is 13.1 Å². The number of piperidine rings is 1. The number of amides is 1. The van der Waals surface area contributed by atoms with Gasteiger partial charge in [-0.05, 0) is 45.7 Å². The van der Waals surface area contributed by atoms with Crippen LogP contribution in [0, 0.1) is 0 Å². The zero-order valence-corrected chi connectivity index (χ0v) is 19.2. The van der Waals surface area contributed by atoms with Crippen molar-refractivity contribution in [2.24, 2.45) is 0 Å².